The van der Waals surface area contributed by atoms with Gasteiger partial charge in [0.25, 0.3) is 0 Å². The normalized spacial score (nSPS) is 14.0. The molecule has 2 atom stereocenters. The summed E-state index contributed by atoms with van der Waals surface area (Å²) in [4.78, 5) is 22.1. The van der Waals surface area contributed by atoms with Crippen LogP contribution in [-0.4, -0.2) is 39.3 Å². The molecule has 0 aliphatic carbocycles. The van der Waals surface area contributed by atoms with E-state index in [9.17, 15) is 19.8 Å². The summed E-state index contributed by atoms with van der Waals surface area (Å²) in [5.74, 6) is -1.14. The molecular formula is C18H32O5. The zero-order chi connectivity index (χ0) is 17.5. The van der Waals surface area contributed by atoms with E-state index in [0.29, 0.717) is 12.8 Å². The summed E-state index contributed by atoms with van der Waals surface area (Å²) in [6.07, 6.45) is 9.29. The van der Waals surface area contributed by atoms with Crippen LogP contribution in [0.3, 0.4) is 0 Å². The Morgan fingerprint density at radius 1 is 0.913 bits per heavy atom. The Morgan fingerprint density at radius 2 is 1.57 bits per heavy atom. The maximum atomic E-state index is 11.8. The van der Waals surface area contributed by atoms with Crippen LogP contribution >= 0.6 is 0 Å². The molecule has 0 fully saturated rings. The lowest BCUT2D eigenvalue weighted by molar-refractivity contribution is -0.137. The maximum Gasteiger partial charge on any atom is 0.303 e. The number of Topliss-reactive ketones (excluding diaryl/α,β-unsaturated/α-hetero) is 1. The minimum absolute atomic E-state index is 0.153. The highest BCUT2D eigenvalue weighted by molar-refractivity contribution is 5.83. The maximum absolute atomic E-state index is 11.8. The molecule has 0 aromatic heterocycles. The fraction of sp³-hybridized carbons (Fsp3) is 0.778. The average Bonchev–Trinajstić information content (AvgIpc) is 2.52. The highest BCUT2D eigenvalue weighted by atomic mass is 16.4. The van der Waals surface area contributed by atoms with Gasteiger partial charge in [-0.3, -0.25) is 9.59 Å². The van der Waals surface area contributed by atoms with Gasteiger partial charge in [-0.15, -0.1) is 0 Å². The van der Waals surface area contributed by atoms with Crippen molar-refractivity contribution in [2.75, 3.05) is 0 Å². The van der Waals surface area contributed by atoms with Gasteiger partial charge >= 0.3 is 5.97 Å². The number of hydrogen-bond donors (Lipinski definition) is 3. The lowest BCUT2D eigenvalue weighted by Crippen LogP contribution is -2.33. The van der Waals surface area contributed by atoms with Crippen molar-refractivity contribution in [1.29, 1.82) is 0 Å². The standard InChI is InChI=1S/C18H32O5/c1-2-3-4-5-6-9-12-15(19)18(23)16(20)13-10-7-8-11-14-17(21)22/h6,9,15,18-19,23H,2-5,7-8,10-14H2,1H3,(H,21,22)/b9-6-/t15-,18+/m0/s1. The number of ketones is 1. The number of carboxylic acids is 1. The zero-order valence-corrected chi connectivity index (χ0v) is 14.2. The molecule has 0 rings (SSSR count). The van der Waals surface area contributed by atoms with Gasteiger partial charge in [-0.2, -0.15) is 0 Å². The van der Waals surface area contributed by atoms with E-state index >= 15 is 0 Å². The molecule has 0 unspecified atom stereocenters. The average molecular weight is 328 g/mol. The van der Waals surface area contributed by atoms with Crippen molar-refractivity contribution < 1.29 is 24.9 Å². The molecule has 0 heterocycles. The third kappa shape index (κ3) is 13.0. The number of rotatable bonds is 15. The van der Waals surface area contributed by atoms with Crippen molar-refractivity contribution in [2.24, 2.45) is 0 Å². The molecule has 134 valence electrons. The van der Waals surface area contributed by atoms with Crippen LogP contribution in [0.25, 0.3) is 0 Å². The summed E-state index contributed by atoms with van der Waals surface area (Å²) in [7, 11) is 0. The first-order valence-corrected chi connectivity index (χ1v) is 8.74. The SMILES string of the molecule is CCCCC/C=C\C[C@H](O)[C@@H](O)C(=O)CCCCCCC(=O)O. The van der Waals surface area contributed by atoms with E-state index in [2.05, 4.69) is 6.92 Å². The number of aliphatic carboxylic acids is 1. The lowest BCUT2D eigenvalue weighted by Gasteiger charge is -2.15. The van der Waals surface area contributed by atoms with E-state index in [4.69, 9.17) is 5.11 Å². The second-order valence-corrected chi connectivity index (χ2v) is 5.99. The summed E-state index contributed by atoms with van der Waals surface area (Å²) < 4.78 is 0. The van der Waals surface area contributed by atoms with Crippen molar-refractivity contribution in [3.63, 3.8) is 0 Å². The van der Waals surface area contributed by atoms with Crippen LogP contribution in [0.15, 0.2) is 12.2 Å². The summed E-state index contributed by atoms with van der Waals surface area (Å²) >= 11 is 0. The van der Waals surface area contributed by atoms with E-state index in [0.717, 1.165) is 25.7 Å². The number of hydrogen-bond acceptors (Lipinski definition) is 4. The van der Waals surface area contributed by atoms with Crippen LogP contribution in [0, 0.1) is 0 Å². The number of carbonyl (C=O) groups excluding carboxylic acids is 1. The Balaban J connectivity index is 3.75. The molecule has 0 amide bonds. The predicted molar refractivity (Wildman–Crippen MR) is 90.3 cm³/mol. The summed E-state index contributed by atoms with van der Waals surface area (Å²) in [6.45, 7) is 2.14. The van der Waals surface area contributed by atoms with Gasteiger partial charge in [0.1, 0.15) is 6.10 Å². The van der Waals surface area contributed by atoms with Gasteiger partial charge in [0.2, 0.25) is 0 Å². The van der Waals surface area contributed by atoms with Crippen LogP contribution < -0.4 is 0 Å². The van der Waals surface area contributed by atoms with Crippen molar-refractivity contribution >= 4 is 11.8 Å². The second kappa shape index (κ2) is 14.4. The smallest absolute Gasteiger partial charge is 0.303 e. The third-order valence-corrected chi connectivity index (χ3v) is 3.78. The van der Waals surface area contributed by atoms with Crippen LogP contribution in [0.5, 0.6) is 0 Å². The van der Waals surface area contributed by atoms with E-state index in [-0.39, 0.29) is 25.0 Å². The van der Waals surface area contributed by atoms with Gasteiger partial charge in [-0.1, -0.05) is 44.8 Å². The minimum atomic E-state index is -1.32. The Hall–Kier alpha value is -1.20. The molecule has 0 bridgehead atoms. The molecule has 0 aromatic rings. The van der Waals surface area contributed by atoms with Crippen molar-refractivity contribution in [1.82, 2.24) is 0 Å². The topological polar surface area (TPSA) is 94.8 Å². The van der Waals surface area contributed by atoms with Crippen LogP contribution in [0.2, 0.25) is 0 Å². The molecule has 3 N–H and O–H groups in total. The van der Waals surface area contributed by atoms with Crippen molar-refractivity contribution in [2.45, 2.75) is 89.8 Å². The Kier molecular flexibility index (Phi) is 13.6. The van der Waals surface area contributed by atoms with Crippen LogP contribution in [0.4, 0.5) is 0 Å². The largest absolute Gasteiger partial charge is 0.481 e. The van der Waals surface area contributed by atoms with E-state index in [1.165, 1.54) is 12.8 Å². The highest BCUT2D eigenvalue weighted by Gasteiger charge is 2.22. The van der Waals surface area contributed by atoms with Crippen LogP contribution in [0.1, 0.15) is 77.6 Å². The number of unbranched alkanes of at least 4 members (excludes halogenated alkanes) is 6. The summed E-state index contributed by atoms with van der Waals surface area (Å²) in [6, 6.07) is 0. The molecule has 23 heavy (non-hydrogen) atoms. The predicted octanol–water partition coefficient (Wildman–Crippen LogP) is 3.23. The third-order valence-electron chi connectivity index (χ3n) is 3.78. The van der Waals surface area contributed by atoms with Crippen molar-refractivity contribution in [3.05, 3.63) is 12.2 Å². The summed E-state index contributed by atoms with van der Waals surface area (Å²) in [5, 5.41) is 28.1. The first kappa shape index (κ1) is 21.8. The highest BCUT2D eigenvalue weighted by Crippen LogP contribution is 2.10. The molecule has 0 spiro atoms. The van der Waals surface area contributed by atoms with Gasteiger partial charge in [0, 0.05) is 12.8 Å². The van der Waals surface area contributed by atoms with Gasteiger partial charge in [-0.05, 0) is 32.1 Å². The minimum Gasteiger partial charge on any atom is -0.481 e. The van der Waals surface area contributed by atoms with Gasteiger partial charge in [0.15, 0.2) is 5.78 Å². The Labute approximate surface area is 139 Å². The molecule has 0 radical (unpaired) electrons. The monoisotopic (exact) mass is 328 g/mol. The number of carboxylic acid groups (broad SMARTS) is 1. The second-order valence-electron chi connectivity index (χ2n) is 5.99. The van der Waals surface area contributed by atoms with Gasteiger partial charge in [0.05, 0.1) is 6.10 Å². The first-order valence-electron chi connectivity index (χ1n) is 8.74. The van der Waals surface area contributed by atoms with Crippen molar-refractivity contribution in [3.8, 4) is 0 Å². The van der Waals surface area contributed by atoms with Gasteiger partial charge in [-0.25, -0.2) is 0 Å². The molecule has 0 aromatic carbocycles. The Morgan fingerprint density at radius 3 is 2.17 bits per heavy atom. The molecule has 5 nitrogen and oxygen atoms in total. The number of aliphatic hydroxyl groups excluding tert-OH is 2. The first-order chi connectivity index (χ1) is 11.0. The van der Waals surface area contributed by atoms with Crippen LogP contribution in [-0.2, 0) is 9.59 Å². The molecule has 0 aliphatic heterocycles. The molecule has 0 aliphatic rings. The number of aliphatic hydroxyl groups is 2. The lowest BCUT2D eigenvalue weighted by atomic mass is 10.0. The molecule has 5 heteroatoms. The van der Waals surface area contributed by atoms with E-state index in [1.807, 2.05) is 12.2 Å². The summed E-state index contributed by atoms with van der Waals surface area (Å²) in [5.41, 5.74) is 0. The zero-order valence-electron chi connectivity index (χ0n) is 14.2. The van der Waals surface area contributed by atoms with Gasteiger partial charge < -0.3 is 15.3 Å². The fourth-order valence-electron chi connectivity index (χ4n) is 2.29. The quantitative estimate of drug-likeness (QED) is 0.317. The fourth-order valence-corrected chi connectivity index (χ4v) is 2.29. The number of allylic oxidation sites excluding steroid dienone is 1. The molecular weight excluding hydrogens is 296 g/mol. The van der Waals surface area contributed by atoms with E-state index < -0.39 is 18.2 Å². The molecule has 0 saturated carbocycles. The van der Waals surface area contributed by atoms with E-state index in [1.54, 1.807) is 0 Å². The Bertz CT molecular complexity index is 351. The number of carbonyl (C=O) groups is 2. The molecule has 0 saturated heterocycles.